The monoisotopic (exact) mass is 411 g/mol. The van der Waals surface area contributed by atoms with E-state index in [1.165, 1.54) is 0 Å². The summed E-state index contributed by atoms with van der Waals surface area (Å²) in [6.07, 6.45) is 2.37. The lowest BCUT2D eigenvalue weighted by atomic mass is 9.98. The molecule has 160 valence electrons. The van der Waals surface area contributed by atoms with Gasteiger partial charge in [-0.25, -0.2) is 4.79 Å². The Hall–Kier alpha value is -2.87. The number of rotatable bonds is 3. The number of nitrogens with zero attached hydrogens (tertiary/aromatic N) is 4. The van der Waals surface area contributed by atoms with Crippen molar-refractivity contribution in [2.45, 2.75) is 19.3 Å². The van der Waals surface area contributed by atoms with E-state index in [1.807, 2.05) is 48.3 Å². The number of hydrogen-bond acceptors (Lipinski definition) is 4. The van der Waals surface area contributed by atoms with Gasteiger partial charge in [0.1, 0.15) is 5.82 Å². The van der Waals surface area contributed by atoms with E-state index in [4.69, 9.17) is 4.74 Å². The van der Waals surface area contributed by atoms with Crippen LogP contribution >= 0.6 is 0 Å². The lowest BCUT2D eigenvalue weighted by Crippen LogP contribution is -2.42. The molecule has 2 fully saturated rings. The Balaban J connectivity index is 1.35. The van der Waals surface area contributed by atoms with Crippen molar-refractivity contribution < 1.29 is 14.3 Å². The Morgan fingerprint density at radius 3 is 2.50 bits per heavy atom. The molecule has 1 N–H and O–H groups in total. The van der Waals surface area contributed by atoms with E-state index in [0.717, 1.165) is 30.5 Å². The van der Waals surface area contributed by atoms with Gasteiger partial charge in [-0.3, -0.25) is 14.8 Å². The van der Waals surface area contributed by atoms with Gasteiger partial charge in [-0.2, -0.15) is 5.10 Å². The first-order valence-electron chi connectivity index (χ1n) is 10.6. The molecule has 2 aliphatic rings. The van der Waals surface area contributed by atoms with Gasteiger partial charge in [0.05, 0.1) is 5.69 Å². The molecule has 2 saturated heterocycles. The van der Waals surface area contributed by atoms with E-state index < -0.39 is 0 Å². The summed E-state index contributed by atoms with van der Waals surface area (Å²) in [5.41, 5.74) is 1.82. The van der Waals surface area contributed by atoms with E-state index in [0.29, 0.717) is 45.2 Å². The number of benzene rings is 1. The van der Waals surface area contributed by atoms with Gasteiger partial charge in [0.2, 0.25) is 5.91 Å². The topological polar surface area (TPSA) is 79.7 Å². The molecule has 0 unspecified atom stereocenters. The maximum Gasteiger partial charge on any atom is 0.323 e. The quantitative estimate of drug-likeness (QED) is 0.842. The third-order valence-electron chi connectivity index (χ3n) is 5.85. The summed E-state index contributed by atoms with van der Waals surface area (Å²) in [6, 6.07) is 11.6. The molecule has 2 aromatic rings. The highest BCUT2D eigenvalue weighted by molar-refractivity contribution is 5.89. The van der Waals surface area contributed by atoms with Gasteiger partial charge in [-0.15, -0.1) is 0 Å². The van der Waals surface area contributed by atoms with Crippen LogP contribution in [-0.4, -0.2) is 70.9 Å². The van der Waals surface area contributed by atoms with Crippen LogP contribution in [0.4, 0.5) is 10.6 Å². The van der Waals surface area contributed by atoms with Gasteiger partial charge in [0.15, 0.2) is 0 Å². The average Bonchev–Trinajstić information content (AvgIpc) is 2.99. The Morgan fingerprint density at radius 1 is 1.03 bits per heavy atom. The average molecular weight is 412 g/mol. The van der Waals surface area contributed by atoms with E-state index in [1.54, 1.807) is 9.58 Å². The molecule has 3 amide bonds. The molecule has 30 heavy (non-hydrogen) atoms. The van der Waals surface area contributed by atoms with E-state index >= 15 is 0 Å². The van der Waals surface area contributed by atoms with Gasteiger partial charge in [-0.1, -0.05) is 30.3 Å². The molecule has 0 bridgehead atoms. The van der Waals surface area contributed by atoms with Crippen molar-refractivity contribution in [2.75, 3.05) is 44.7 Å². The molecule has 0 radical (unpaired) electrons. The highest BCUT2D eigenvalue weighted by Crippen LogP contribution is 2.22. The van der Waals surface area contributed by atoms with Crippen LogP contribution in [0.15, 0.2) is 36.4 Å². The summed E-state index contributed by atoms with van der Waals surface area (Å²) in [5.74, 6) is 0.919. The molecule has 0 atom stereocenters. The van der Waals surface area contributed by atoms with E-state index in [9.17, 15) is 9.59 Å². The van der Waals surface area contributed by atoms with E-state index in [-0.39, 0.29) is 17.9 Å². The highest BCUT2D eigenvalue weighted by atomic mass is 16.5. The first-order valence-corrected chi connectivity index (χ1v) is 10.6. The van der Waals surface area contributed by atoms with Crippen molar-refractivity contribution in [3.63, 3.8) is 0 Å². The number of aryl methyl sites for hydroxylation is 1. The smallest absolute Gasteiger partial charge is 0.323 e. The van der Waals surface area contributed by atoms with Crippen LogP contribution in [0.5, 0.6) is 0 Å². The molecule has 0 spiro atoms. The number of hydrogen-bond donors (Lipinski definition) is 1. The number of anilines is 1. The van der Waals surface area contributed by atoms with Crippen LogP contribution in [0.25, 0.3) is 11.3 Å². The fourth-order valence-corrected chi connectivity index (χ4v) is 4.07. The second kappa shape index (κ2) is 9.30. The molecule has 0 saturated carbocycles. The number of ether oxygens (including phenoxy) is 1. The number of urea groups is 1. The van der Waals surface area contributed by atoms with Crippen molar-refractivity contribution in [2.24, 2.45) is 13.0 Å². The van der Waals surface area contributed by atoms with Crippen molar-refractivity contribution in [3.8, 4) is 11.3 Å². The number of amides is 3. The third kappa shape index (κ3) is 4.64. The Labute approximate surface area is 176 Å². The predicted octanol–water partition coefficient (Wildman–Crippen LogP) is 2.58. The SMILES string of the molecule is Cn1nc(-c2ccccc2)cc1NC(=O)N1CCCN(C(=O)C2CCOCC2)CC1. The second-order valence-electron chi connectivity index (χ2n) is 7.89. The second-order valence-corrected chi connectivity index (χ2v) is 7.89. The zero-order chi connectivity index (χ0) is 20.9. The molecule has 2 aliphatic heterocycles. The van der Waals surface area contributed by atoms with Crippen LogP contribution in [-0.2, 0) is 16.6 Å². The molecule has 1 aromatic carbocycles. The van der Waals surface area contributed by atoms with Gasteiger partial charge in [0.25, 0.3) is 0 Å². The molecular weight excluding hydrogens is 382 g/mol. The molecule has 8 heteroatoms. The molecule has 0 aliphatic carbocycles. The van der Waals surface area contributed by atoms with Crippen LogP contribution in [0.3, 0.4) is 0 Å². The Bertz CT molecular complexity index is 876. The summed E-state index contributed by atoms with van der Waals surface area (Å²) >= 11 is 0. The number of nitrogens with one attached hydrogen (secondary N) is 1. The summed E-state index contributed by atoms with van der Waals surface area (Å²) in [5, 5.41) is 7.48. The van der Waals surface area contributed by atoms with Crippen LogP contribution in [0, 0.1) is 5.92 Å². The van der Waals surface area contributed by atoms with Gasteiger partial charge >= 0.3 is 6.03 Å². The maximum absolute atomic E-state index is 12.9. The molecule has 1 aromatic heterocycles. The van der Waals surface area contributed by atoms with Crippen LogP contribution < -0.4 is 5.32 Å². The Morgan fingerprint density at radius 2 is 1.73 bits per heavy atom. The van der Waals surface area contributed by atoms with Gasteiger partial charge in [-0.05, 0) is 19.3 Å². The number of aromatic nitrogens is 2. The number of carbonyl (C=O) groups excluding carboxylic acids is 2. The van der Waals surface area contributed by atoms with Crippen LogP contribution in [0.2, 0.25) is 0 Å². The minimum atomic E-state index is -0.155. The maximum atomic E-state index is 12.9. The first-order chi connectivity index (χ1) is 14.6. The Kier molecular flexibility index (Phi) is 6.32. The summed E-state index contributed by atoms with van der Waals surface area (Å²) < 4.78 is 7.05. The van der Waals surface area contributed by atoms with Crippen molar-refractivity contribution in [1.82, 2.24) is 19.6 Å². The van der Waals surface area contributed by atoms with Crippen molar-refractivity contribution >= 4 is 17.8 Å². The van der Waals surface area contributed by atoms with E-state index in [2.05, 4.69) is 10.4 Å². The van der Waals surface area contributed by atoms with Crippen LogP contribution in [0.1, 0.15) is 19.3 Å². The predicted molar refractivity (Wildman–Crippen MR) is 114 cm³/mol. The summed E-state index contributed by atoms with van der Waals surface area (Å²) in [6.45, 7) is 3.76. The van der Waals surface area contributed by atoms with Gasteiger partial charge in [0, 0.05) is 64.0 Å². The largest absolute Gasteiger partial charge is 0.381 e. The zero-order valence-corrected chi connectivity index (χ0v) is 17.4. The molecular formula is C22H29N5O3. The lowest BCUT2D eigenvalue weighted by molar-refractivity contribution is -0.138. The lowest BCUT2D eigenvalue weighted by Gasteiger charge is -2.28. The minimum absolute atomic E-state index is 0.0602. The molecule has 4 rings (SSSR count). The number of carbonyl (C=O) groups is 2. The summed E-state index contributed by atoms with van der Waals surface area (Å²) in [4.78, 5) is 29.3. The molecule has 3 heterocycles. The zero-order valence-electron chi connectivity index (χ0n) is 17.4. The third-order valence-corrected chi connectivity index (χ3v) is 5.85. The first kappa shape index (κ1) is 20.4. The van der Waals surface area contributed by atoms with Gasteiger partial charge < -0.3 is 14.5 Å². The molecule has 8 nitrogen and oxygen atoms in total. The highest BCUT2D eigenvalue weighted by Gasteiger charge is 2.28. The van der Waals surface area contributed by atoms with Crippen molar-refractivity contribution in [1.29, 1.82) is 0 Å². The fourth-order valence-electron chi connectivity index (χ4n) is 4.07. The normalized spacial score (nSPS) is 18.2. The minimum Gasteiger partial charge on any atom is -0.381 e. The van der Waals surface area contributed by atoms with Crippen molar-refractivity contribution in [3.05, 3.63) is 36.4 Å². The summed E-state index contributed by atoms with van der Waals surface area (Å²) in [7, 11) is 1.82. The standard InChI is InChI=1S/C22H29N5O3/c1-25-20(16-19(24-25)17-6-3-2-4-7-17)23-22(29)27-11-5-10-26(12-13-27)21(28)18-8-14-30-15-9-18/h2-4,6-7,16,18H,5,8-15H2,1H3,(H,23,29). The fraction of sp³-hybridized carbons (Fsp3) is 0.500.